The zero-order chi connectivity index (χ0) is 10.7. The summed E-state index contributed by atoms with van der Waals surface area (Å²) in [6.07, 6.45) is 0. The molecule has 0 aromatic carbocycles. The minimum Gasteiger partial charge on any atom is -0.481 e. The average molecular weight is 214 g/mol. The van der Waals surface area contributed by atoms with Crippen LogP contribution in [0.4, 0.5) is 5.13 Å². The lowest BCUT2D eigenvalue weighted by Gasteiger charge is -2.05. The molecule has 0 aliphatic carbocycles. The van der Waals surface area contributed by atoms with E-state index >= 15 is 0 Å². The molecule has 0 fully saturated rings. The number of rotatable bonds is 4. The van der Waals surface area contributed by atoms with E-state index in [-0.39, 0.29) is 0 Å². The molecule has 1 heterocycles. The first kappa shape index (κ1) is 11.0. The van der Waals surface area contributed by atoms with Crippen LogP contribution < -0.4 is 5.32 Å². The highest BCUT2D eigenvalue weighted by Gasteiger charge is 2.16. The molecule has 0 aliphatic heterocycles. The summed E-state index contributed by atoms with van der Waals surface area (Å²) in [6.45, 7) is 5.67. The second-order valence-electron chi connectivity index (χ2n) is 3.44. The standard InChI is InChI=1S/C9H14N2O2S/c1-5(2)10-9-11-7(4-14-9)6(3)8(12)13/h4-6H,1-3H3,(H,10,11)(H,12,13). The van der Waals surface area contributed by atoms with Crippen LogP contribution in [0.25, 0.3) is 0 Å². The van der Waals surface area contributed by atoms with Crippen LogP contribution in [0, 0.1) is 0 Å². The fourth-order valence-corrected chi connectivity index (χ4v) is 1.88. The zero-order valence-corrected chi connectivity index (χ0v) is 9.26. The third-order valence-corrected chi connectivity index (χ3v) is 2.54. The van der Waals surface area contributed by atoms with Gasteiger partial charge in [0.2, 0.25) is 0 Å². The summed E-state index contributed by atoms with van der Waals surface area (Å²) in [5, 5.41) is 14.5. The van der Waals surface area contributed by atoms with Gasteiger partial charge in [-0.25, -0.2) is 4.98 Å². The maximum atomic E-state index is 10.7. The third-order valence-electron chi connectivity index (χ3n) is 1.75. The number of aromatic nitrogens is 1. The van der Waals surface area contributed by atoms with E-state index in [0.717, 1.165) is 5.13 Å². The molecule has 2 N–H and O–H groups in total. The van der Waals surface area contributed by atoms with Crippen LogP contribution in [0.15, 0.2) is 5.38 Å². The van der Waals surface area contributed by atoms with Crippen molar-refractivity contribution in [3.05, 3.63) is 11.1 Å². The molecule has 1 aromatic rings. The number of thiazole rings is 1. The Labute approximate surface area is 87.0 Å². The maximum absolute atomic E-state index is 10.7. The Balaban J connectivity index is 2.72. The number of hydrogen-bond donors (Lipinski definition) is 2. The number of nitrogens with zero attached hydrogens (tertiary/aromatic N) is 1. The normalized spacial score (nSPS) is 12.9. The fourth-order valence-electron chi connectivity index (χ4n) is 0.925. The Morgan fingerprint density at radius 1 is 1.57 bits per heavy atom. The summed E-state index contributed by atoms with van der Waals surface area (Å²) in [6, 6.07) is 0.314. The highest BCUT2D eigenvalue weighted by molar-refractivity contribution is 7.13. The summed E-state index contributed by atoms with van der Waals surface area (Å²) < 4.78 is 0. The summed E-state index contributed by atoms with van der Waals surface area (Å²) in [7, 11) is 0. The van der Waals surface area contributed by atoms with Gasteiger partial charge in [0.05, 0.1) is 11.6 Å². The summed E-state index contributed by atoms with van der Waals surface area (Å²) in [5.41, 5.74) is 0.616. The monoisotopic (exact) mass is 214 g/mol. The predicted molar refractivity (Wildman–Crippen MR) is 56.9 cm³/mol. The highest BCUT2D eigenvalue weighted by atomic mass is 32.1. The third kappa shape index (κ3) is 2.70. The van der Waals surface area contributed by atoms with E-state index in [1.54, 1.807) is 12.3 Å². The number of aliphatic carboxylic acids is 1. The molecule has 0 amide bonds. The molecule has 1 rings (SSSR count). The first-order chi connectivity index (χ1) is 6.50. The molecule has 78 valence electrons. The second kappa shape index (κ2) is 4.41. The molecule has 0 bridgehead atoms. The SMILES string of the molecule is CC(C)Nc1nc(C(C)C(=O)O)cs1. The molecular weight excluding hydrogens is 200 g/mol. The summed E-state index contributed by atoms with van der Waals surface area (Å²) in [4.78, 5) is 14.9. The minimum absolute atomic E-state index is 0.314. The van der Waals surface area contributed by atoms with E-state index in [0.29, 0.717) is 11.7 Å². The Kier molecular flexibility index (Phi) is 3.46. The van der Waals surface area contributed by atoms with Gasteiger partial charge in [0, 0.05) is 11.4 Å². The maximum Gasteiger partial charge on any atom is 0.312 e. The lowest BCUT2D eigenvalue weighted by molar-refractivity contribution is -0.138. The summed E-state index contributed by atoms with van der Waals surface area (Å²) in [5.74, 6) is -1.37. The minimum atomic E-state index is -0.841. The Morgan fingerprint density at radius 2 is 2.21 bits per heavy atom. The van der Waals surface area contributed by atoms with Gasteiger partial charge in [0.1, 0.15) is 0 Å². The van der Waals surface area contributed by atoms with Crippen molar-refractivity contribution < 1.29 is 9.90 Å². The average Bonchev–Trinajstić information content (AvgIpc) is 2.50. The molecule has 4 nitrogen and oxygen atoms in total. The van der Waals surface area contributed by atoms with Crippen LogP contribution in [0.1, 0.15) is 32.4 Å². The van der Waals surface area contributed by atoms with Crippen molar-refractivity contribution in [1.29, 1.82) is 0 Å². The molecule has 14 heavy (non-hydrogen) atoms. The number of nitrogens with one attached hydrogen (secondary N) is 1. The van der Waals surface area contributed by atoms with Gasteiger partial charge in [-0.15, -0.1) is 11.3 Å². The lowest BCUT2D eigenvalue weighted by atomic mass is 10.1. The number of carboxylic acids is 1. The molecular formula is C9H14N2O2S. The van der Waals surface area contributed by atoms with Crippen molar-refractivity contribution >= 4 is 22.4 Å². The Bertz CT molecular complexity index is 322. The van der Waals surface area contributed by atoms with Crippen molar-refractivity contribution in [3.63, 3.8) is 0 Å². The van der Waals surface area contributed by atoms with Crippen molar-refractivity contribution in [2.45, 2.75) is 32.7 Å². The van der Waals surface area contributed by atoms with Gasteiger partial charge in [0.25, 0.3) is 0 Å². The van der Waals surface area contributed by atoms with Gasteiger partial charge in [-0.2, -0.15) is 0 Å². The molecule has 0 saturated heterocycles. The van der Waals surface area contributed by atoms with Gasteiger partial charge < -0.3 is 10.4 Å². The van der Waals surface area contributed by atoms with Crippen LogP contribution in [0.5, 0.6) is 0 Å². The predicted octanol–water partition coefficient (Wildman–Crippen LogP) is 2.15. The Hall–Kier alpha value is -1.10. The number of carboxylic acid groups (broad SMARTS) is 1. The number of hydrogen-bond acceptors (Lipinski definition) is 4. The van der Waals surface area contributed by atoms with Gasteiger partial charge in [-0.1, -0.05) is 0 Å². The quantitative estimate of drug-likeness (QED) is 0.806. The van der Waals surface area contributed by atoms with Crippen LogP contribution in [-0.4, -0.2) is 22.1 Å². The smallest absolute Gasteiger partial charge is 0.312 e. The van der Waals surface area contributed by atoms with E-state index < -0.39 is 11.9 Å². The summed E-state index contributed by atoms with van der Waals surface area (Å²) >= 11 is 1.44. The van der Waals surface area contributed by atoms with Gasteiger partial charge in [-0.05, 0) is 20.8 Å². The van der Waals surface area contributed by atoms with Crippen molar-refractivity contribution in [2.75, 3.05) is 5.32 Å². The van der Waals surface area contributed by atoms with Crippen LogP contribution in [0.3, 0.4) is 0 Å². The molecule has 5 heteroatoms. The Morgan fingerprint density at radius 3 is 2.71 bits per heavy atom. The van der Waals surface area contributed by atoms with Gasteiger partial charge in [-0.3, -0.25) is 4.79 Å². The molecule has 1 aromatic heterocycles. The number of anilines is 1. The largest absolute Gasteiger partial charge is 0.481 e. The van der Waals surface area contributed by atoms with Crippen LogP contribution in [-0.2, 0) is 4.79 Å². The van der Waals surface area contributed by atoms with E-state index in [9.17, 15) is 4.79 Å². The van der Waals surface area contributed by atoms with Gasteiger partial charge in [0.15, 0.2) is 5.13 Å². The van der Waals surface area contributed by atoms with Crippen molar-refractivity contribution in [2.24, 2.45) is 0 Å². The van der Waals surface area contributed by atoms with Crippen molar-refractivity contribution in [1.82, 2.24) is 4.98 Å². The zero-order valence-electron chi connectivity index (χ0n) is 8.44. The molecule has 0 saturated carbocycles. The first-order valence-electron chi connectivity index (χ1n) is 4.45. The van der Waals surface area contributed by atoms with Crippen LogP contribution in [0.2, 0.25) is 0 Å². The topological polar surface area (TPSA) is 62.2 Å². The second-order valence-corrected chi connectivity index (χ2v) is 4.29. The first-order valence-corrected chi connectivity index (χ1v) is 5.33. The van der Waals surface area contributed by atoms with E-state index in [1.165, 1.54) is 11.3 Å². The van der Waals surface area contributed by atoms with Gasteiger partial charge >= 0.3 is 5.97 Å². The molecule has 1 unspecified atom stereocenters. The lowest BCUT2D eigenvalue weighted by Crippen LogP contribution is -2.11. The van der Waals surface area contributed by atoms with Crippen molar-refractivity contribution in [3.8, 4) is 0 Å². The van der Waals surface area contributed by atoms with E-state index in [2.05, 4.69) is 10.3 Å². The molecule has 0 aliphatic rings. The van der Waals surface area contributed by atoms with E-state index in [4.69, 9.17) is 5.11 Å². The highest BCUT2D eigenvalue weighted by Crippen LogP contribution is 2.22. The number of carbonyl (C=O) groups is 1. The van der Waals surface area contributed by atoms with E-state index in [1.807, 2.05) is 13.8 Å². The molecule has 0 spiro atoms. The molecule has 1 atom stereocenters. The van der Waals surface area contributed by atoms with Crippen LogP contribution >= 0.6 is 11.3 Å². The fraction of sp³-hybridized carbons (Fsp3) is 0.556. The molecule has 0 radical (unpaired) electrons.